The molecule has 136 valence electrons. The van der Waals surface area contributed by atoms with Crippen molar-refractivity contribution in [1.82, 2.24) is 4.90 Å². The van der Waals surface area contributed by atoms with Gasteiger partial charge in [0.25, 0.3) is 5.91 Å². The summed E-state index contributed by atoms with van der Waals surface area (Å²) >= 11 is 0. The van der Waals surface area contributed by atoms with Gasteiger partial charge in [0.15, 0.2) is 0 Å². The first kappa shape index (κ1) is 17.2. The molecule has 0 unspecified atom stereocenters. The lowest BCUT2D eigenvalue weighted by molar-refractivity contribution is -0.187. The Morgan fingerprint density at radius 2 is 1.65 bits per heavy atom. The summed E-state index contributed by atoms with van der Waals surface area (Å²) in [5.74, 6) is -0.337. The molecule has 1 aliphatic carbocycles. The van der Waals surface area contributed by atoms with E-state index in [4.69, 9.17) is 0 Å². The molecule has 0 radical (unpaired) electrons. The van der Waals surface area contributed by atoms with Gasteiger partial charge in [-0.1, -0.05) is 24.3 Å². The number of carbonyl (C=O) groups excluding carboxylic acids is 1. The van der Waals surface area contributed by atoms with Crippen molar-refractivity contribution in [3.63, 3.8) is 0 Å². The monoisotopic (exact) mass is 355 g/mol. The normalized spacial score (nSPS) is 24.3. The zero-order valence-corrected chi connectivity index (χ0v) is 14.4. The molecular formula is C21H22FNO3. The molecule has 1 saturated heterocycles. The van der Waals surface area contributed by atoms with E-state index in [-0.39, 0.29) is 11.7 Å². The summed E-state index contributed by atoms with van der Waals surface area (Å²) in [7, 11) is 0. The van der Waals surface area contributed by atoms with Gasteiger partial charge in [-0.15, -0.1) is 0 Å². The summed E-state index contributed by atoms with van der Waals surface area (Å²) in [5.41, 5.74) is 1.90. The van der Waals surface area contributed by atoms with E-state index in [9.17, 15) is 19.4 Å². The number of amides is 1. The predicted molar refractivity (Wildman–Crippen MR) is 96.0 cm³/mol. The van der Waals surface area contributed by atoms with Gasteiger partial charge in [0, 0.05) is 30.5 Å². The quantitative estimate of drug-likeness (QED) is 0.871. The Bertz CT molecular complexity index is 802. The Morgan fingerprint density at radius 1 is 1.00 bits per heavy atom. The summed E-state index contributed by atoms with van der Waals surface area (Å²) < 4.78 is 13.1. The number of aliphatic hydroxyl groups is 2. The number of rotatable bonds is 2. The molecule has 0 aromatic heterocycles. The van der Waals surface area contributed by atoms with E-state index in [1.54, 1.807) is 23.1 Å². The zero-order valence-electron chi connectivity index (χ0n) is 14.4. The maximum atomic E-state index is 13.1. The summed E-state index contributed by atoms with van der Waals surface area (Å²) in [5, 5.41) is 20.1. The Labute approximate surface area is 151 Å². The lowest BCUT2D eigenvalue weighted by atomic mass is 9.58. The second-order valence-electron chi connectivity index (χ2n) is 7.38. The number of carbonyl (C=O) groups is 1. The fraction of sp³-hybridized carbons (Fsp3) is 0.381. The first-order chi connectivity index (χ1) is 12.5. The number of hydrogen-bond donors (Lipinski definition) is 2. The van der Waals surface area contributed by atoms with Gasteiger partial charge in [0.1, 0.15) is 5.82 Å². The molecule has 1 spiro atoms. The largest absolute Gasteiger partial charge is 0.392 e. The van der Waals surface area contributed by atoms with Crippen LogP contribution < -0.4 is 0 Å². The van der Waals surface area contributed by atoms with Gasteiger partial charge in [-0.05, 0) is 48.2 Å². The highest BCUT2D eigenvalue weighted by Crippen LogP contribution is 2.49. The minimum atomic E-state index is -0.462. The van der Waals surface area contributed by atoms with Crippen LogP contribution in [0.25, 0.3) is 11.1 Å². The topological polar surface area (TPSA) is 60.8 Å². The summed E-state index contributed by atoms with van der Waals surface area (Å²) in [6.07, 6.45) is 0.763. The standard InChI is InChI=1S/C21H22FNO3/c22-17-6-4-14(5-7-17)15-2-1-3-16(12-15)20(26)23-10-8-21(9-11-23)18(24)13-19(21)25/h1-7,12,18-19,24-25H,8-11,13H2/t18-,19+. The van der Waals surface area contributed by atoms with Crippen LogP contribution in [0.5, 0.6) is 0 Å². The first-order valence-corrected chi connectivity index (χ1v) is 9.01. The van der Waals surface area contributed by atoms with E-state index < -0.39 is 17.6 Å². The highest BCUT2D eigenvalue weighted by atomic mass is 19.1. The smallest absolute Gasteiger partial charge is 0.253 e. The van der Waals surface area contributed by atoms with Crippen LogP contribution in [-0.4, -0.2) is 46.3 Å². The minimum Gasteiger partial charge on any atom is -0.392 e. The molecule has 1 saturated carbocycles. The minimum absolute atomic E-state index is 0.0490. The summed E-state index contributed by atoms with van der Waals surface area (Å²) in [4.78, 5) is 14.6. The molecule has 2 aromatic rings. The third-order valence-corrected chi connectivity index (χ3v) is 6.04. The maximum absolute atomic E-state index is 13.1. The van der Waals surface area contributed by atoms with Gasteiger partial charge in [0.05, 0.1) is 12.2 Å². The second-order valence-corrected chi connectivity index (χ2v) is 7.38. The molecule has 2 aliphatic rings. The van der Waals surface area contributed by atoms with Crippen molar-refractivity contribution >= 4 is 5.91 Å². The zero-order chi connectivity index (χ0) is 18.3. The van der Waals surface area contributed by atoms with Crippen molar-refractivity contribution in [2.45, 2.75) is 31.5 Å². The molecular weight excluding hydrogens is 333 g/mol. The molecule has 0 bridgehead atoms. The fourth-order valence-electron chi connectivity index (χ4n) is 4.19. The van der Waals surface area contributed by atoms with Crippen molar-refractivity contribution in [2.24, 2.45) is 5.41 Å². The van der Waals surface area contributed by atoms with Crippen LogP contribution in [-0.2, 0) is 0 Å². The van der Waals surface area contributed by atoms with E-state index in [2.05, 4.69) is 0 Å². The second kappa shape index (κ2) is 6.49. The van der Waals surface area contributed by atoms with E-state index in [1.807, 2.05) is 18.2 Å². The average Bonchev–Trinajstić information content (AvgIpc) is 2.68. The van der Waals surface area contributed by atoms with Crippen molar-refractivity contribution in [1.29, 1.82) is 0 Å². The van der Waals surface area contributed by atoms with Crippen LogP contribution >= 0.6 is 0 Å². The first-order valence-electron chi connectivity index (χ1n) is 9.01. The van der Waals surface area contributed by atoms with E-state index >= 15 is 0 Å². The molecule has 1 aliphatic heterocycles. The van der Waals surface area contributed by atoms with Gasteiger partial charge in [-0.2, -0.15) is 0 Å². The number of hydrogen-bond acceptors (Lipinski definition) is 3. The van der Waals surface area contributed by atoms with Crippen LogP contribution in [0.2, 0.25) is 0 Å². The lowest BCUT2D eigenvalue weighted by Crippen LogP contribution is -2.61. The number of nitrogens with zero attached hydrogens (tertiary/aromatic N) is 1. The highest BCUT2D eigenvalue weighted by molar-refractivity contribution is 5.95. The molecule has 26 heavy (non-hydrogen) atoms. The van der Waals surface area contributed by atoms with Crippen molar-refractivity contribution in [3.8, 4) is 11.1 Å². The molecule has 4 rings (SSSR count). The van der Waals surface area contributed by atoms with Crippen molar-refractivity contribution in [3.05, 3.63) is 59.9 Å². The Balaban J connectivity index is 1.49. The summed E-state index contributed by atoms with van der Waals surface area (Å²) in [6.45, 7) is 1.07. The highest BCUT2D eigenvalue weighted by Gasteiger charge is 2.55. The lowest BCUT2D eigenvalue weighted by Gasteiger charge is -2.55. The van der Waals surface area contributed by atoms with Crippen LogP contribution in [0.3, 0.4) is 0 Å². The Morgan fingerprint density at radius 3 is 2.27 bits per heavy atom. The number of piperidine rings is 1. The third kappa shape index (κ3) is 2.81. The van der Waals surface area contributed by atoms with E-state index in [1.165, 1.54) is 12.1 Å². The number of aliphatic hydroxyl groups excluding tert-OH is 2. The average molecular weight is 355 g/mol. The predicted octanol–water partition coefficient (Wildman–Crippen LogP) is 2.84. The third-order valence-electron chi connectivity index (χ3n) is 6.04. The molecule has 4 nitrogen and oxygen atoms in total. The summed E-state index contributed by atoms with van der Waals surface area (Å²) in [6, 6.07) is 13.5. The Kier molecular flexibility index (Phi) is 4.29. The molecule has 2 N–H and O–H groups in total. The fourth-order valence-corrected chi connectivity index (χ4v) is 4.19. The van der Waals surface area contributed by atoms with Crippen LogP contribution in [0.15, 0.2) is 48.5 Å². The van der Waals surface area contributed by atoms with Crippen molar-refractivity contribution < 1.29 is 19.4 Å². The van der Waals surface area contributed by atoms with Gasteiger partial charge < -0.3 is 15.1 Å². The maximum Gasteiger partial charge on any atom is 0.253 e. The van der Waals surface area contributed by atoms with Crippen LogP contribution in [0.4, 0.5) is 4.39 Å². The molecule has 1 amide bonds. The van der Waals surface area contributed by atoms with Crippen LogP contribution in [0, 0.1) is 11.2 Å². The van der Waals surface area contributed by atoms with Gasteiger partial charge >= 0.3 is 0 Å². The Hall–Kier alpha value is -2.24. The molecule has 2 fully saturated rings. The molecule has 2 atom stereocenters. The number of halogens is 1. The number of likely N-dealkylation sites (tertiary alicyclic amines) is 1. The van der Waals surface area contributed by atoms with E-state index in [0.29, 0.717) is 37.9 Å². The van der Waals surface area contributed by atoms with E-state index in [0.717, 1.165) is 11.1 Å². The van der Waals surface area contributed by atoms with Crippen LogP contribution in [0.1, 0.15) is 29.6 Å². The van der Waals surface area contributed by atoms with Gasteiger partial charge in [-0.3, -0.25) is 4.79 Å². The van der Waals surface area contributed by atoms with Gasteiger partial charge in [-0.25, -0.2) is 4.39 Å². The molecule has 5 heteroatoms. The van der Waals surface area contributed by atoms with Gasteiger partial charge in [0.2, 0.25) is 0 Å². The number of benzene rings is 2. The SMILES string of the molecule is O=C(c1cccc(-c2ccc(F)cc2)c1)N1CCC2(CC1)[C@H](O)C[C@@H]2O. The molecule has 2 aromatic carbocycles. The molecule has 1 heterocycles. The van der Waals surface area contributed by atoms with Crippen molar-refractivity contribution in [2.75, 3.05) is 13.1 Å².